The fourth-order valence-electron chi connectivity index (χ4n) is 0.856. The van der Waals surface area contributed by atoms with Crippen molar-refractivity contribution in [3.05, 3.63) is 60.7 Å². The molecule has 0 atom stereocenters. The van der Waals surface area contributed by atoms with Crippen molar-refractivity contribution >= 4 is 11.2 Å². The van der Waals surface area contributed by atoms with Crippen LogP contribution in [0.2, 0.25) is 0 Å². The summed E-state index contributed by atoms with van der Waals surface area (Å²) in [4.78, 5) is 0. The minimum Gasteiger partial charge on any atom is -0.617 e. The molecule has 0 saturated carbocycles. The lowest BCUT2D eigenvalue weighted by Crippen LogP contribution is -1.86. The molecule has 18 heavy (non-hydrogen) atoms. The fourth-order valence-corrected chi connectivity index (χ4v) is 0.856. The van der Waals surface area contributed by atoms with Crippen molar-refractivity contribution in [2.45, 2.75) is 0 Å². The van der Waals surface area contributed by atoms with Crippen LogP contribution in [0.3, 0.4) is 0 Å². The van der Waals surface area contributed by atoms with Crippen molar-refractivity contribution in [2.24, 2.45) is 0 Å². The van der Waals surface area contributed by atoms with Crippen LogP contribution in [-0.2, 0) is 11.2 Å². The maximum absolute atomic E-state index is 9.56. The number of rotatable bonds is 0. The molecule has 0 bridgehead atoms. The van der Waals surface area contributed by atoms with Gasteiger partial charge in [0, 0.05) is 0 Å². The molecule has 4 heteroatoms. The number of para-hydroxylation sites is 2. The average molecular weight is 266 g/mol. The number of phenols is 2. The lowest BCUT2D eigenvalue weighted by molar-refractivity contribution is 0.475. The topological polar surface area (TPSA) is 63.5 Å². The second-order valence-electron chi connectivity index (χ2n) is 3.41. The Hall–Kier alpha value is -1.65. The third-order valence-electron chi connectivity index (χ3n) is 1.51. The Morgan fingerprint density at radius 1 is 0.722 bits per heavy atom. The number of phenolic OH excluding ortho intramolecular Hbond substituents is 2. The van der Waals surface area contributed by atoms with Crippen molar-refractivity contribution in [3.63, 3.8) is 0 Å². The summed E-state index contributed by atoms with van der Waals surface area (Å²) in [5.41, 5.74) is 0. The molecule has 0 aromatic heterocycles. The maximum atomic E-state index is 9.56. The summed E-state index contributed by atoms with van der Waals surface area (Å²) in [6.45, 7) is 0. The highest BCUT2D eigenvalue weighted by Gasteiger charge is 1.75. The predicted octanol–water partition coefficient (Wildman–Crippen LogP) is 2.78. The van der Waals surface area contributed by atoms with Gasteiger partial charge in [-0.3, -0.25) is 0 Å². The van der Waals surface area contributed by atoms with Crippen molar-refractivity contribution < 1.29 is 14.8 Å². The number of benzene rings is 2. The Morgan fingerprint density at radius 2 is 0.944 bits per heavy atom. The van der Waals surface area contributed by atoms with Gasteiger partial charge in [-0.15, -0.1) is 0 Å². The van der Waals surface area contributed by atoms with Gasteiger partial charge in [0.25, 0.3) is 0 Å². The summed E-state index contributed by atoms with van der Waals surface area (Å²) in [6, 6.07) is 17.4. The summed E-state index contributed by atoms with van der Waals surface area (Å²) < 4.78 is 9.56. The van der Waals surface area contributed by atoms with Gasteiger partial charge in [-0.2, -0.15) is 0 Å². The predicted molar refractivity (Wildman–Crippen MR) is 76.2 cm³/mol. The molecular formula is C14H18O3S. The van der Waals surface area contributed by atoms with Gasteiger partial charge in [0.1, 0.15) is 11.5 Å². The maximum Gasteiger partial charge on any atom is 0.115 e. The van der Waals surface area contributed by atoms with Crippen molar-refractivity contribution in [2.75, 3.05) is 12.5 Å². The van der Waals surface area contributed by atoms with E-state index >= 15 is 0 Å². The van der Waals surface area contributed by atoms with Crippen LogP contribution in [0.5, 0.6) is 11.5 Å². The molecule has 2 rings (SSSR count). The van der Waals surface area contributed by atoms with Crippen LogP contribution < -0.4 is 0 Å². The van der Waals surface area contributed by atoms with E-state index in [4.69, 9.17) is 10.2 Å². The van der Waals surface area contributed by atoms with Gasteiger partial charge in [-0.1, -0.05) is 47.6 Å². The van der Waals surface area contributed by atoms with Gasteiger partial charge in [0.05, 0.1) is 12.5 Å². The first-order valence-corrected chi connectivity index (χ1v) is 7.22. The SMILES string of the molecule is C[S+](C)[O-].Oc1ccccc1.Oc1ccccc1. The molecule has 0 fully saturated rings. The summed E-state index contributed by atoms with van der Waals surface area (Å²) >= 11 is -0.611. The molecule has 3 nitrogen and oxygen atoms in total. The Labute approximate surface area is 111 Å². The van der Waals surface area contributed by atoms with Crippen LogP contribution in [0.15, 0.2) is 60.7 Å². The molecule has 0 aliphatic carbocycles. The molecule has 2 N–H and O–H groups in total. The van der Waals surface area contributed by atoms with Crippen LogP contribution in [-0.4, -0.2) is 27.3 Å². The first-order valence-electron chi connectivity index (χ1n) is 5.25. The second-order valence-corrected chi connectivity index (χ2v) is 4.90. The smallest absolute Gasteiger partial charge is 0.115 e. The lowest BCUT2D eigenvalue weighted by Gasteiger charge is -1.87. The number of hydrogen-bond donors (Lipinski definition) is 2. The molecule has 0 radical (unpaired) electrons. The molecule has 0 aliphatic rings. The van der Waals surface area contributed by atoms with E-state index in [0.29, 0.717) is 11.5 Å². The second kappa shape index (κ2) is 10.5. The van der Waals surface area contributed by atoms with Crippen molar-refractivity contribution in [1.29, 1.82) is 0 Å². The van der Waals surface area contributed by atoms with Crippen LogP contribution in [0.4, 0.5) is 0 Å². The van der Waals surface area contributed by atoms with Crippen LogP contribution in [0.1, 0.15) is 0 Å². The van der Waals surface area contributed by atoms with Gasteiger partial charge in [-0.05, 0) is 24.3 Å². The Kier molecular flexibility index (Phi) is 9.54. The molecule has 2 aromatic rings. The monoisotopic (exact) mass is 266 g/mol. The first kappa shape index (κ1) is 16.4. The van der Waals surface area contributed by atoms with Gasteiger partial charge in [0.15, 0.2) is 0 Å². The van der Waals surface area contributed by atoms with Crippen LogP contribution >= 0.6 is 0 Å². The molecule has 0 spiro atoms. The first-order chi connectivity index (χ1) is 8.52. The summed E-state index contributed by atoms with van der Waals surface area (Å²) in [7, 11) is 0. The summed E-state index contributed by atoms with van der Waals surface area (Å²) in [5.74, 6) is 0.644. The van der Waals surface area contributed by atoms with Crippen LogP contribution in [0.25, 0.3) is 0 Å². The zero-order valence-corrected chi connectivity index (χ0v) is 11.3. The highest BCUT2D eigenvalue weighted by molar-refractivity contribution is 7.89. The lowest BCUT2D eigenvalue weighted by atomic mass is 10.3. The largest absolute Gasteiger partial charge is 0.617 e. The van der Waals surface area contributed by atoms with Crippen LogP contribution in [0, 0.1) is 0 Å². The molecule has 0 aliphatic heterocycles. The van der Waals surface area contributed by atoms with Gasteiger partial charge in [0.2, 0.25) is 0 Å². The van der Waals surface area contributed by atoms with Gasteiger partial charge >= 0.3 is 0 Å². The summed E-state index contributed by atoms with van der Waals surface area (Å²) in [6.07, 6.45) is 3.28. The van der Waals surface area contributed by atoms with E-state index in [9.17, 15) is 4.55 Å². The van der Waals surface area contributed by atoms with E-state index in [2.05, 4.69) is 0 Å². The number of aromatic hydroxyl groups is 2. The zero-order chi connectivity index (χ0) is 13.8. The Balaban J connectivity index is 0.000000253. The van der Waals surface area contributed by atoms with E-state index < -0.39 is 11.2 Å². The van der Waals surface area contributed by atoms with E-state index in [-0.39, 0.29) is 0 Å². The molecule has 0 unspecified atom stereocenters. The standard InChI is InChI=1S/2C6H6O.C2H6OS/c2*7-6-4-2-1-3-5-6;1-4(2)3/h2*1-5,7H;1-2H3. The molecule has 0 amide bonds. The quantitative estimate of drug-likeness (QED) is 0.721. The minimum absolute atomic E-state index is 0.322. The molecule has 0 saturated heterocycles. The Bertz CT molecular complexity index is 350. The molecule has 98 valence electrons. The van der Waals surface area contributed by atoms with E-state index in [0.717, 1.165) is 0 Å². The number of hydrogen-bond acceptors (Lipinski definition) is 3. The highest BCUT2D eigenvalue weighted by Crippen LogP contribution is 2.03. The van der Waals surface area contributed by atoms with E-state index in [1.54, 1.807) is 61.0 Å². The van der Waals surface area contributed by atoms with E-state index in [1.807, 2.05) is 12.1 Å². The minimum atomic E-state index is -0.611. The molecular weight excluding hydrogens is 248 g/mol. The normalized spacial score (nSPS) is 8.67. The third-order valence-corrected chi connectivity index (χ3v) is 1.51. The fraction of sp³-hybridized carbons (Fsp3) is 0.143. The van der Waals surface area contributed by atoms with Crippen molar-refractivity contribution in [3.8, 4) is 11.5 Å². The highest BCUT2D eigenvalue weighted by atomic mass is 32.2. The average Bonchev–Trinajstić information content (AvgIpc) is 2.31. The van der Waals surface area contributed by atoms with Crippen molar-refractivity contribution in [1.82, 2.24) is 0 Å². The molecule has 2 aromatic carbocycles. The zero-order valence-electron chi connectivity index (χ0n) is 10.5. The third kappa shape index (κ3) is 12.4. The van der Waals surface area contributed by atoms with Gasteiger partial charge < -0.3 is 14.8 Å². The Morgan fingerprint density at radius 3 is 1.06 bits per heavy atom. The molecule has 0 heterocycles. The summed E-state index contributed by atoms with van der Waals surface area (Å²) in [5, 5.41) is 17.3. The van der Waals surface area contributed by atoms with E-state index in [1.165, 1.54) is 0 Å². The van der Waals surface area contributed by atoms with Gasteiger partial charge in [-0.25, -0.2) is 0 Å².